The molecule has 0 spiro atoms. The molecule has 5 nitrogen and oxygen atoms in total. The molecule has 1 saturated heterocycles. The minimum Gasteiger partial charge on any atom is -0.489 e. The monoisotopic (exact) mass is 368 g/mol. The largest absolute Gasteiger partial charge is 0.489 e. The summed E-state index contributed by atoms with van der Waals surface area (Å²) >= 11 is 0. The summed E-state index contributed by atoms with van der Waals surface area (Å²) < 4.78 is 19.0. The Morgan fingerprint density at radius 3 is 2.74 bits per heavy atom. The molecule has 1 fully saturated rings. The summed E-state index contributed by atoms with van der Waals surface area (Å²) in [5, 5.41) is 2.81. The lowest BCUT2D eigenvalue weighted by Crippen LogP contribution is -2.41. The van der Waals surface area contributed by atoms with Crippen molar-refractivity contribution in [3.05, 3.63) is 65.0 Å². The number of nitrogens with one attached hydrogen (secondary N) is 1. The van der Waals surface area contributed by atoms with Gasteiger partial charge in [0.1, 0.15) is 12.1 Å². The van der Waals surface area contributed by atoms with Crippen LogP contribution < -0.4 is 10.1 Å². The van der Waals surface area contributed by atoms with E-state index >= 15 is 0 Å². The molecule has 1 N–H and O–H groups in total. The Kier molecular flexibility index (Phi) is 4.34. The predicted molar refractivity (Wildman–Crippen MR) is 98.0 cm³/mol. The molecule has 6 heteroatoms. The van der Waals surface area contributed by atoms with Gasteiger partial charge in [-0.3, -0.25) is 9.69 Å². The number of benzene rings is 2. The van der Waals surface area contributed by atoms with E-state index < -0.39 is 17.4 Å². The minimum absolute atomic E-state index is 0.0281. The average Bonchev–Trinajstić information content (AvgIpc) is 3.21. The zero-order chi connectivity index (χ0) is 19.0. The third-order valence-corrected chi connectivity index (χ3v) is 5.36. The lowest BCUT2D eigenvalue weighted by atomic mass is 9.90. The summed E-state index contributed by atoms with van der Waals surface area (Å²) in [7, 11) is 0. The summed E-state index contributed by atoms with van der Waals surface area (Å²) in [6, 6.07) is 11.6. The van der Waals surface area contributed by atoms with E-state index in [1.54, 1.807) is 19.1 Å². The van der Waals surface area contributed by atoms with Gasteiger partial charge in [0.05, 0.1) is 6.54 Å². The van der Waals surface area contributed by atoms with Crippen molar-refractivity contribution in [1.29, 1.82) is 0 Å². The van der Waals surface area contributed by atoms with Crippen LogP contribution in [0.1, 0.15) is 30.0 Å². The highest BCUT2D eigenvalue weighted by molar-refractivity contribution is 6.07. The zero-order valence-corrected chi connectivity index (χ0v) is 15.1. The first-order valence-corrected chi connectivity index (χ1v) is 9.13. The van der Waals surface area contributed by atoms with Crippen molar-refractivity contribution < 1.29 is 18.7 Å². The summed E-state index contributed by atoms with van der Waals surface area (Å²) in [6.45, 7) is 1.81. The van der Waals surface area contributed by atoms with Gasteiger partial charge in [0.15, 0.2) is 11.6 Å². The molecule has 27 heavy (non-hydrogen) atoms. The number of carbonyl (C=O) groups excluding carboxylic acids is 2. The number of carbonyl (C=O) groups is 2. The Labute approximate surface area is 157 Å². The SMILES string of the molecule is CC1(c2ccc3c(c2)CCC3)NC(=O)N(CCOc2ccccc2F)C1=O. The van der Waals surface area contributed by atoms with Crippen molar-refractivity contribution in [3.63, 3.8) is 0 Å². The molecular weight excluding hydrogens is 347 g/mol. The van der Waals surface area contributed by atoms with Crippen molar-refractivity contribution in [2.45, 2.75) is 31.7 Å². The van der Waals surface area contributed by atoms with Crippen LogP contribution in [-0.2, 0) is 23.2 Å². The molecule has 1 atom stereocenters. The van der Waals surface area contributed by atoms with Gasteiger partial charge in [-0.15, -0.1) is 0 Å². The number of imide groups is 1. The maximum absolute atomic E-state index is 13.6. The van der Waals surface area contributed by atoms with Crippen LogP contribution >= 0.6 is 0 Å². The summed E-state index contributed by atoms with van der Waals surface area (Å²) in [5.74, 6) is -0.689. The van der Waals surface area contributed by atoms with Gasteiger partial charge in [0, 0.05) is 0 Å². The second-order valence-corrected chi connectivity index (χ2v) is 7.13. The summed E-state index contributed by atoms with van der Waals surface area (Å²) in [6.07, 6.45) is 3.18. The predicted octanol–water partition coefficient (Wildman–Crippen LogP) is 3.16. The fraction of sp³-hybridized carbons (Fsp3) is 0.333. The van der Waals surface area contributed by atoms with Crippen molar-refractivity contribution in [1.82, 2.24) is 10.2 Å². The van der Waals surface area contributed by atoms with Gasteiger partial charge in [0.25, 0.3) is 5.91 Å². The Morgan fingerprint density at radius 1 is 1.15 bits per heavy atom. The van der Waals surface area contributed by atoms with E-state index in [2.05, 4.69) is 5.32 Å². The highest BCUT2D eigenvalue weighted by Gasteiger charge is 2.49. The van der Waals surface area contributed by atoms with E-state index in [9.17, 15) is 14.0 Å². The fourth-order valence-electron chi connectivity index (χ4n) is 3.79. The number of para-hydroxylation sites is 1. The van der Waals surface area contributed by atoms with E-state index in [0.717, 1.165) is 29.7 Å². The number of aryl methyl sites for hydroxylation is 2. The molecular formula is C21H21FN2O3. The number of halogens is 1. The van der Waals surface area contributed by atoms with Gasteiger partial charge in [-0.1, -0.05) is 30.3 Å². The van der Waals surface area contributed by atoms with Gasteiger partial charge in [-0.25, -0.2) is 9.18 Å². The number of nitrogens with zero attached hydrogens (tertiary/aromatic N) is 1. The molecule has 0 saturated carbocycles. The summed E-state index contributed by atoms with van der Waals surface area (Å²) in [5.41, 5.74) is 2.26. The number of fused-ring (bicyclic) bond motifs is 1. The Bertz CT molecular complexity index is 914. The first-order chi connectivity index (χ1) is 13.0. The van der Waals surface area contributed by atoms with Crippen LogP contribution in [0.3, 0.4) is 0 Å². The van der Waals surface area contributed by atoms with Crippen molar-refractivity contribution in [2.75, 3.05) is 13.2 Å². The van der Waals surface area contributed by atoms with Crippen LogP contribution in [0.4, 0.5) is 9.18 Å². The number of amides is 3. The van der Waals surface area contributed by atoms with Gasteiger partial charge in [-0.2, -0.15) is 0 Å². The maximum Gasteiger partial charge on any atom is 0.325 e. The molecule has 0 radical (unpaired) electrons. The van der Waals surface area contributed by atoms with E-state index in [-0.39, 0.29) is 24.8 Å². The quantitative estimate of drug-likeness (QED) is 0.825. The fourth-order valence-corrected chi connectivity index (χ4v) is 3.79. The zero-order valence-electron chi connectivity index (χ0n) is 15.1. The molecule has 0 aromatic heterocycles. The highest BCUT2D eigenvalue weighted by Crippen LogP contribution is 2.32. The van der Waals surface area contributed by atoms with Crippen LogP contribution in [0.15, 0.2) is 42.5 Å². The Balaban J connectivity index is 1.47. The second-order valence-electron chi connectivity index (χ2n) is 7.13. The topological polar surface area (TPSA) is 58.6 Å². The lowest BCUT2D eigenvalue weighted by Gasteiger charge is -2.23. The number of urea groups is 1. The molecule has 1 aliphatic carbocycles. The maximum atomic E-state index is 13.6. The molecule has 2 aliphatic rings. The second kappa shape index (κ2) is 6.68. The molecule has 2 aromatic rings. The van der Waals surface area contributed by atoms with Crippen LogP contribution in [-0.4, -0.2) is 30.0 Å². The molecule has 1 aliphatic heterocycles. The van der Waals surface area contributed by atoms with Crippen molar-refractivity contribution in [2.24, 2.45) is 0 Å². The van der Waals surface area contributed by atoms with E-state index in [1.165, 1.54) is 23.3 Å². The first-order valence-electron chi connectivity index (χ1n) is 9.13. The van der Waals surface area contributed by atoms with Crippen LogP contribution in [0.5, 0.6) is 5.75 Å². The normalized spacial score (nSPS) is 21.3. The average molecular weight is 368 g/mol. The van der Waals surface area contributed by atoms with Crippen LogP contribution in [0.25, 0.3) is 0 Å². The molecule has 4 rings (SSSR count). The molecule has 1 heterocycles. The number of rotatable bonds is 5. The van der Waals surface area contributed by atoms with E-state index in [4.69, 9.17) is 4.74 Å². The Hall–Kier alpha value is -2.89. The van der Waals surface area contributed by atoms with Gasteiger partial charge < -0.3 is 10.1 Å². The molecule has 0 bridgehead atoms. The highest BCUT2D eigenvalue weighted by atomic mass is 19.1. The Morgan fingerprint density at radius 2 is 1.93 bits per heavy atom. The van der Waals surface area contributed by atoms with Crippen molar-refractivity contribution >= 4 is 11.9 Å². The van der Waals surface area contributed by atoms with Gasteiger partial charge in [0.2, 0.25) is 0 Å². The third-order valence-electron chi connectivity index (χ3n) is 5.36. The molecule has 2 aromatic carbocycles. The van der Waals surface area contributed by atoms with Crippen LogP contribution in [0, 0.1) is 5.82 Å². The third kappa shape index (κ3) is 3.05. The lowest BCUT2D eigenvalue weighted by molar-refractivity contribution is -0.131. The van der Waals surface area contributed by atoms with E-state index in [0.29, 0.717) is 0 Å². The molecule has 140 valence electrons. The summed E-state index contributed by atoms with van der Waals surface area (Å²) in [4.78, 5) is 26.5. The van der Waals surface area contributed by atoms with Gasteiger partial charge >= 0.3 is 6.03 Å². The van der Waals surface area contributed by atoms with Crippen LogP contribution in [0.2, 0.25) is 0 Å². The number of hydrogen-bond donors (Lipinski definition) is 1. The standard InChI is InChI=1S/C21H21FN2O3/c1-21(16-10-9-14-5-4-6-15(14)13-16)19(25)24(20(26)23-21)11-12-27-18-8-3-2-7-17(18)22/h2-3,7-10,13H,4-6,11-12H2,1H3,(H,23,26). The number of hydrogen-bond acceptors (Lipinski definition) is 3. The molecule has 1 unspecified atom stereocenters. The van der Waals surface area contributed by atoms with Crippen molar-refractivity contribution in [3.8, 4) is 5.75 Å². The number of ether oxygens (including phenoxy) is 1. The van der Waals surface area contributed by atoms with Gasteiger partial charge in [-0.05, 0) is 55.0 Å². The van der Waals surface area contributed by atoms with E-state index in [1.807, 2.05) is 18.2 Å². The first kappa shape index (κ1) is 17.5. The smallest absolute Gasteiger partial charge is 0.325 e. The minimum atomic E-state index is -1.09. The molecule has 3 amide bonds.